The van der Waals surface area contributed by atoms with E-state index in [1.54, 1.807) is 24.5 Å². The molecule has 10 nitrogen and oxygen atoms in total. The number of hydrogen-bond acceptors (Lipinski definition) is 7. The SMILES string of the molecule is C[C@H]1COCCN1c1nc(-c2ccc(NC(=O)NC3CCC3)cc2)nc2c1CCN(C(=O)c1cccnc1)C2. The molecular formula is C29H33N7O3. The van der Waals surface area contributed by atoms with E-state index in [0.29, 0.717) is 49.8 Å². The second-order valence-corrected chi connectivity index (χ2v) is 10.4. The number of nitrogens with zero attached hydrogens (tertiary/aromatic N) is 5. The van der Waals surface area contributed by atoms with Crippen LogP contribution in [0.1, 0.15) is 47.8 Å². The van der Waals surface area contributed by atoms with Crippen LogP contribution in [0, 0.1) is 0 Å². The lowest BCUT2D eigenvalue weighted by molar-refractivity contribution is 0.0731. The van der Waals surface area contributed by atoms with Crippen LogP contribution in [0.15, 0.2) is 48.8 Å². The lowest BCUT2D eigenvalue weighted by Crippen LogP contribution is -2.45. The lowest BCUT2D eigenvalue weighted by Gasteiger charge is -2.37. The first-order valence-electron chi connectivity index (χ1n) is 13.7. The Kier molecular flexibility index (Phi) is 7.10. The van der Waals surface area contributed by atoms with Gasteiger partial charge in [-0.3, -0.25) is 9.78 Å². The fourth-order valence-corrected chi connectivity index (χ4v) is 5.27. The van der Waals surface area contributed by atoms with Crippen molar-refractivity contribution in [1.29, 1.82) is 0 Å². The van der Waals surface area contributed by atoms with E-state index in [9.17, 15) is 9.59 Å². The van der Waals surface area contributed by atoms with Crippen LogP contribution >= 0.6 is 0 Å². The zero-order valence-corrected chi connectivity index (χ0v) is 22.1. The summed E-state index contributed by atoms with van der Waals surface area (Å²) in [6, 6.07) is 11.4. The number of carbonyl (C=O) groups excluding carboxylic acids is 2. The lowest BCUT2D eigenvalue weighted by atomic mass is 9.93. The van der Waals surface area contributed by atoms with Crippen LogP contribution in [0.25, 0.3) is 11.4 Å². The number of aromatic nitrogens is 3. The summed E-state index contributed by atoms with van der Waals surface area (Å²) in [5.41, 5.74) is 4.08. The highest BCUT2D eigenvalue weighted by Gasteiger charge is 2.30. The Labute approximate surface area is 227 Å². The van der Waals surface area contributed by atoms with E-state index in [0.717, 1.165) is 42.0 Å². The minimum absolute atomic E-state index is 0.0502. The number of rotatable bonds is 5. The molecule has 3 amide bonds. The standard InChI is InChI=1S/C29H33N7O3/c1-19-18-39-15-14-36(19)27-24-11-13-35(28(37)21-4-3-12-30-16-21)17-25(24)33-26(34-27)20-7-9-23(10-8-20)32-29(38)31-22-5-2-6-22/h3-4,7-10,12,16,19,22H,2,5-6,11,13-15,17-18H2,1H3,(H2,31,32,38)/t19-/m0/s1. The molecule has 2 N–H and O–H groups in total. The molecule has 2 aliphatic heterocycles. The molecule has 0 spiro atoms. The molecule has 202 valence electrons. The Morgan fingerprint density at radius 1 is 1.08 bits per heavy atom. The Balaban J connectivity index is 1.28. The highest BCUT2D eigenvalue weighted by Crippen LogP contribution is 2.32. The van der Waals surface area contributed by atoms with Gasteiger partial charge in [-0.05, 0) is 69.0 Å². The second-order valence-electron chi connectivity index (χ2n) is 10.4. The van der Waals surface area contributed by atoms with Crippen LogP contribution < -0.4 is 15.5 Å². The molecule has 1 saturated heterocycles. The van der Waals surface area contributed by atoms with Gasteiger partial charge in [0.15, 0.2) is 5.82 Å². The number of anilines is 2. The zero-order chi connectivity index (χ0) is 26.8. The molecule has 0 unspecified atom stereocenters. The quantitative estimate of drug-likeness (QED) is 0.521. The minimum atomic E-state index is -0.181. The van der Waals surface area contributed by atoms with Gasteiger partial charge < -0.3 is 25.2 Å². The predicted octanol–water partition coefficient (Wildman–Crippen LogP) is 3.64. The summed E-state index contributed by atoms with van der Waals surface area (Å²) < 4.78 is 5.69. The smallest absolute Gasteiger partial charge is 0.319 e. The third-order valence-corrected chi connectivity index (χ3v) is 7.72. The van der Waals surface area contributed by atoms with Crippen molar-refractivity contribution < 1.29 is 14.3 Å². The summed E-state index contributed by atoms with van der Waals surface area (Å²) in [4.78, 5) is 43.7. The third kappa shape index (κ3) is 5.42. The monoisotopic (exact) mass is 527 g/mol. The van der Waals surface area contributed by atoms with Crippen molar-refractivity contribution in [2.45, 2.75) is 51.2 Å². The Bertz CT molecular complexity index is 1340. The van der Waals surface area contributed by atoms with Gasteiger partial charge in [0.25, 0.3) is 5.91 Å². The molecule has 4 heterocycles. The first kappa shape index (κ1) is 25.2. The van der Waals surface area contributed by atoms with Crippen LogP contribution in [0.5, 0.6) is 0 Å². The van der Waals surface area contributed by atoms with Crippen LogP contribution in [0.3, 0.4) is 0 Å². The van der Waals surface area contributed by atoms with Crippen molar-refractivity contribution >= 4 is 23.4 Å². The van der Waals surface area contributed by atoms with E-state index in [-0.39, 0.29) is 24.0 Å². The highest BCUT2D eigenvalue weighted by atomic mass is 16.5. The maximum Gasteiger partial charge on any atom is 0.319 e. The number of ether oxygens (including phenoxy) is 1. The van der Waals surface area contributed by atoms with E-state index in [1.165, 1.54) is 6.42 Å². The van der Waals surface area contributed by atoms with E-state index < -0.39 is 0 Å². The summed E-state index contributed by atoms with van der Waals surface area (Å²) in [7, 11) is 0. The molecule has 10 heteroatoms. The Morgan fingerprint density at radius 3 is 2.64 bits per heavy atom. The molecule has 1 atom stereocenters. The number of fused-ring (bicyclic) bond motifs is 1. The van der Waals surface area contributed by atoms with Crippen LogP contribution in [-0.2, 0) is 17.7 Å². The highest BCUT2D eigenvalue weighted by molar-refractivity contribution is 5.94. The number of pyridine rings is 1. The molecule has 39 heavy (non-hydrogen) atoms. The van der Waals surface area contributed by atoms with Crippen molar-refractivity contribution in [3.63, 3.8) is 0 Å². The molecule has 2 aromatic heterocycles. The molecule has 1 aromatic carbocycles. The van der Waals surface area contributed by atoms with Crippen LogP contribution in [0.4, 0.5) is 16.3 Å². The van der Waals surface area contributed by atoms with Crippen molar-refractivity contribution in [3.05, 3.63) is 65.6 Å². The van der Waals surface area contributed by atoms with E-state index in [2.05, 4.69) is 27.4 Å². The summed E-state index contributed by atoms with van der Waals surface area (Å²) in [6.45, 7) is 5.19. The van der Waals surface area contributed by atoms with Gasteiger partial charge in [0.05, 0.1) is 37.1 Å². The summed E-state index contributed by atoms with van der Waals surface area (Å²) in [5, 5.41) is 5.90. The van der Waals surface area contributed by atoms with Crippen molar-refractivity contribution in [2.24, 2.45) is 0 Å². The second kappa shape index (κ2) is 11.0. The normalized spacial score (nSPS) is 19.2. The Morgan fingerprint density at radius 2 is 1.92 bits per heavy atom. The number of benzene rings is 1. The maximum absolute atomic E-state index is 13.2. The van der Waals surface area contributed by atoms with Crippen molar-refractivity contribution in [3.8, 4) is 11.4 Å². The Hall–Kier alpha value is -4.05. The number of morpholine rings is 1. The van der Waals surface area contributed by atoms with E-state index in [1.807, 2.05) is 29.2 Å². The molecule has 1 aliphatic carbocycles. The minimum Gasteiger partial charge on any atom is -0.377 e. The van der Waals surface area contributed by atoms with E-state index in [4.69, 9.17) is 14.7 Å². The molecular weight excluding hydrogens is 494 g/mol. The van der Waals surface area contributed by atoms with Crippen molar-refractivity contribution in [2.75, 3.05) is 36.5 Å². The molecule has 2 fully saturated rings. The molecule has 1 saturated carbocycles. The van der Waals surface area contributed by atoms with Gasteiger partial charge in [-0.1, -0.05) is 0 Å². The number of hydrogen-bond donors (Lipinski definition) is 2. The molecule has 0 bridgehead atoms. The summed E-state index contributed by atoms with van der Waals surface area (Å²) in [6.07, 6.45) is 7.20. The summed E-state index contributed by atoms with van der Waals surface area (Å²) >= 11 is 0. The zero-order valence-electron chi connectivity index (χ0n) is 22.1. The molecule has 3 aromatic rings. The topological polar surface area (TPSA) is 113 Å². The average molecular weight is 528 g/mol. The third-order valence-electron chi connectivity index (χ3n) is 7.72. The molecule has 6 rings (SSSR count). The number of carbonyl (C=O) groups is 2. The van der Waals surface area contributed by atoms with Gasteiger partial charge in [-0.2, -0.15) is 0 Å². The first-order chi connectivity index (χ1) is 19.0. The summed E-state index contributed by atoms with van der Waals surface area (Å²) in [5.74, 6) is 1.47. The fourth-order valence-electron chi connectivity index (χ4n) is 5.27. The van der Waals surface area contributed by atoms with Gasteiger partial charge in [0.1, 0.15) is 5.82 Å². The molecule has 3 aliphatic rings. The number of nitrogens with one attached hydrogen (secondary N) is 2. The van der Waals surface area contributed by atoms with Crippen LogP contribution in [0.2, 0.25) is 0 Å². The van der Waals surface area contributed by atoms with E-state index >= 15 is 0 Å². The van der Waals surface area contributed by atoms with Gasteiger partial charge in [0, 0.05) is 48.3 Å². The van der Waals surface area contributed by atoms with Gasteiger partial charge >= 0.3 is 6.03 Å². The average Bonchev–Trinajstić information content (AvgIpc) is 2.95. The van der Waals surface area contributed by atoms with Gasteiger partial charge in [0.2, 0.25) is 0 Å². The largest absolute Gasteiger partial charge is 0.377 e. The number of amides is 3. The van der Waals surface area contributed by atoms with Crippen molar-refractivity contribution in [1.82, 2.24) is 25.2 Å². The first-order valence-corrected chi connectivity index (χ1v) is 13.7. The predicted molar refractivity (Wildman–Crippen MR) is 148 cm³/mol. The number of urea groups is 1. The van der Waals surface area contributed by atoms with Gasteiger partial charge in [-0.25, -0.2) is 14.8 Å². The fraction of sp³-hybridized carbons (Fsp3) is 0.414. The maximum atomic E-state index is 13.2. The van der Waals surface area contributed by atoms with Gasteiger partial charge in [-0.15, -0.1) is 0 Å². The van der Waals surface area contributed by atoms with Crippen LogP contribution in [-0.4, -0.2) is 70.2 Å². The molecule has 0 radical (unpaired) electrons.